The van der Waals surface area contributed by atoms with Gasteiger partial charge < -0.3 is 9.80 Å². The van der Waals surface area contributed by atoms with Gasteiger partial charge in [0.05, 0.1) is 22.9 Å². The lowest BCUT2D eigenvalue weighted by atomic mass is 10.1. The zero-order valence-electron chi connectivity index (χ0n) is 15.7. The summed E-state index contributed by atoms with van der Waals surface area (Å²) in [7, 11) is 0. The third kappa shape index (κ3) is 3.59. The molecule has 1 saturated heterocycles. The third-order valence-electron chi connectivity index (χ3n) is 5.15. The first kappa shape index (κ1) is 17.5. The molecule has 3 heterocycles. The van der Waals surface area contributed by atoms with Gasteiger partial charge in [0.25, 0.3) is 0 Å². The van der Waals surface area contributed by atoms with Crippen molar-refractivity contribution in [2.75, 3.05) is 36.0 Å². The summed E-state index contributed by atoms with van der Waals surface area (Å²) in [5, 5.41) is 8.69. The zero-order valence-corrected chi connectivity index (χ0v) is 15.7. The van der Waals surface area contributed by atoms with E-state index in [1.54, 1.807) is 12.1 Å². The summed E-state index contributed by atoms with van der Waals surface area (Å²) in [6, 6.07) is 18.1. The summed E-state index contributed by atoms with van der Waals surface area (Å²) < 4.78 is 13.1. The minimum absolute atomic E-state index is 0.257. The molecule has 5 rings (SSSR count). The van der Waals surface area contributed by atoms with E-state index < -0.39 is 0 Å². The van der Waals surface area contributed by atoms with Gasteiger partial charge in [-0.2, -0.15) is 0 Å². The van der Waals surface area contributed by atoms with Gasteiger partial charge in [0.2, 0.25) is 0 Å². The van der Waals surface area contributed by atoms with Crippen LogP contribution < -0.4 is 9.80 Å². The number of nitrogens with zero attached hydrogens (tertiary/aromatic N) is 6. The Morgan fingerprint density at radius 1 is 0.690 bits per heavy atom. The molecule has 0 amide bonds. The Morgan fingerprint density at radius 2 is 1.38 bits per heavy atom. The molecule has 1 aliphatic heterocycles. The fourth-order valence-corrected chi connectivity index (χ4v) is 3.53. The standard InChI is InChI=1S/C22H19FN6/c23-17-7-5-16(6-8-17)18-9-10-21(27-26-18)28-11-13-29(14-12-28)22-15-24-19-3-1-2-4-20(19)25-22/h1-10,15H,11-14H2. The van der Waals surface area contributed by atoms with E-state index in [0.717, 1.165) is 60.1 Å². The van der Waals surface area contributed by atoms with Crippen LogP contribution in [0.4, 0.5) is 16.0 Å². The molecule has 29 heavy (non-hydrogen) atoms. The number of piperazine rings is 1. The molecule has 0 aliphatic carbocycles. The average molecular weight is 386 g/mol. The van der Waals surface area contributed by atoms with Gasteiger partial charge in [-0.15, -0.1) is 10.2 Å². The Morgan fingerprint density at radius 3 is 2.07 bits per heavy atom. The molecule has 1 fully saturated rings. The van der Waals surface area contributed by atoms with E-state index in [-0.39, 0.29) is 5.82 Å². The number of hydrogen-bond donors (Lipinski definition) is 0. The van der Waals surface area contributed by atoms with Gasteiger partial charge in [-0.1, -0.05) is 12.1 Å². The van der Waals surface area contributed by atoms with Crippen molar-refractivity contribution in [1.82, 2.24) is 20.2 Å². The molecule has 4 aromatic rings. The molecular weight excluding hydrogens is 367 g/mol. The SMILES string of the molecule is Fc1ccc(-c2ccc(N3CCN(c4cnc5ccccc5n4)CC3)nn2)cc1. The first-order valence-electron chi connectivity index (χ1n) is 9.58. The van der Waals surface area contributed by atoms with E-state index >= 15 is 0 Å². The van der Waals surface area contributed by atoms with Gasteiger partial charge in [-0.3, -0.25) is 4.98 Å². The second kappa shape index (κ2) is 7.43. The Hall–Kier alpha value is -3.61. The molecule has 2 aromatic carbocycles. The maximum Gasteiger partial charge on any atom is 0.151 e. The van der Waals surface area contributed by atoms with Crippen LogP contribution in [0.3, 0.4) is 0 Å². The number of para-hydroxylation sites is 2. The number of aromatic nitrogens is 4. The molecule has 6 nitrogen and oxygen atoms in total. The average Bonchev–Trinajstić information content (AvgIpc) is 2.79. The first-order chi connectivity index (χ1) is 14.3. The minimum Gasteiger partial charge on any atom is -0.352 e. The van der Waals surface area contributed by atoms with Crippen LogP contribution in [0, 0.1) is 5.82 Å². The summed E-state index contributed by atoms with van der Waals surface area (Å²) in [6.07, 6.45) is 1.84. The molecular formula is C22H19FN6. The van der Waals surface area contributed by atoms with E-state index in [1.165, 1.54) is 12.1 Å². The number of anilines is 2. The Balaban J connectivity index is 1.26. The summed E-state index contributed by atoms with van der Waals surface area (Å²) in [5.41, 5.74) is 3.41. The van der Waals surface area contributed by atoms with E-state index in [9.17, 15) is 4.39 Å². The number of benzene rings is 2. The summed E-state index contributed by atoms with van der Waals surface area (Å²) >= 11 is 0. The molecule has 0 bridgehead atoms. The number of fused-ring (bicyclic) bond motifs is 1. The Bertz CT molecular complexity index is 1120. The predicted octanol–water partition coefficient (Wildman–Crippen LogP) is 3.55. The lowest BCUT2D eigenvalue weighted by Gasteiger charge is -2.35. The molecule has 2 aromatic heterocycles. The summed E-state index contributed by atoms with van der Waals surface area (Å²) in [4.78, 5) is 13.7. The lowest BCUT2D eigenvalue weighted by Crippen LogP contribution is -2.47. The van der Waals surface area contributed by atoms with Crippen molar-refractivity contribution in [2.45, 2.75) is 0 Å². The van der Waals surface area contributed by atoms with Crippen molar-refractivity contribution in [1.29, 1.82) is 0 Å². The molecule has 0 radical (unpaired) electrons. The number of halogens is 1. The third-order valence-corrected chi connectivity index (χ3v) is 5.15. The first-order valence-corrected chi connectivity index (χ1v) is 9.58. The minimum atomic E-state index is -0.257. The fourth-order valence-electron chi connectivity index (χ4n) is 3.53. The quantitative estimate of drug-likeness (QED) is 0.537. The van der Waals surface area contributed by atoms with Crippen LogP contribution in [0.2, 0.25) is 0 Å². The van der Waals surface area contributed by atoms with Crippen molar-refractivity contribution in [2.24, 2.45) is 0 Å². The van der Waals surface area contributed by atoms with Gasteiger partial charge in [-0.05, 0) is 48.5 Å². The highest BCUT2D eigenvalue weighted by Gasteiger charge is 2.20. The second-order valence-electron chi connectivity index (χ2n) is 6.97. The molecule has 0 unspecified atom stereocenters. The monoisotopic (exact) mass is 386 g/mol. The van der Waals surface area contributed by atoms with Crippen molar-refractivity contribution in [3.8, 4) is 11.3 Å². The van der Waals surface area contributed by atoms with Crippen LogP contribution >= 0.6 is 0 Å². The highest BCUT2D eigenvalue weighted by molar-refractivity contribution is 5.75. The van der Waals surface area contributed by atoms with Crippen LogP contribution in [0.25, 0.3) is 22.3 Å². The normalized spacial score (nSPS) is 14.4. The zero-order chi connectivity index (χ0) is 19.6. The Kier molecular flexibility index (Phi) is 4.48. The highest BCUT2D eigenvalue weighted by Crippen LogP contribution is 2.21. The largest absolute Gasteiger partial charge is 0.352 e. The molecule has 0 N–H and O–H groups in total. The second-order valence-corrected chi connectivity index (χ2v) is 6.97. The van der Waals surface area contributed by atoms with Crippen molar-refractivity contribution < 1.29 is 4.39 Å². The topological polar surface area (TPSA) is 58.0 Å². The maximum absolute atomic E-state index is 13.1. The summed E-state index contributed by atoms with van der Waals surface area (Å²) in [6.45, 7) is 3.35. The van der Waals surface area contributed by atoms with Gasteiger partial charge in [0.1, 0.15) is 11.6 Å². The lowest BCUT2D eigenvalue weighted by molar-refractivity contribution is 0.628. The van der Waals surface area contributed by atoms with Crippen molar-refractivity contribution in [3.05, 3.63) is 72.7 Å². The van der Waals surface area contributed by atoms with Gasteiger partial charge >= 0.3 is 0 Å². The van der Waals surface area contributed by atoms with Crippen LogP contribution in [0.1, 0.15) is 0 Å². The predicted molar refractivity (Wildman–Crippen MR) is 111 cm³/mol. The van der Waals surface area contributed by atoms with E-state index in [0.29, 0.717) is 0 Å². The van der Waals surface area contributed by atoms with Gasteiger partial charge in [-0.25, -0.2) is 9.37 Å². The molecule has 0 atom stereocenters. The highest BCUT2D eigenvalue weighted by atomic mass is 19.1. The van der Waals surface area contributed by atoms with Crippen LogP contribution in [0.15, 0.2) is 66.9 Å². The van der Waals surface area contributed by atoms with Crippen LogP contribution in [-0.4, -0.2) is 46.3 Å². The Labute approximate surface area is 167 Å². The maximum atomic E-state index is 13.1. The van der Waals surface area contributed by atoms with Crippen LogP contribution in [-0.2, 0) is 0 Å². The van der Waals surface area contributed by atoms with Crippen LogP contribution in [0.5, 0.6) is 0 Å². The summed E-state index contributed by atoms with van der Waals surface area (Å²) in [5.74, 6) is 1.49. The fraction of sp³-hybridized carbons (Fsp3) is 0.182. The molecule has 7 heteroatoms. The van der Waals surface area contributed by atoms with E-state index in [2.05, 4.69) is 25.0 Å². The molecule has 1 aliphatic rings. The van der Waals surface area contributed by atoms with Gasteiger partial charge in [0.15, 0.2) is 5.82 Å². The van der Waals surface area contributed by atoms with Gasteiger partial charge in [0, 0.05) is 31.7 Å². The molecule has 144 valence electrons. The van der Waals surface area contributed by atoms with Crippen molar-refractivity contribution in [3.63, 3.8) is 0 Å². The smallest absolute Gasteiger partial charge is 0.151 e. The van der Waals surface area contributed by atoms with Crippen molar-refractivity contribution >= 4 is 22.7 Å². The number of rotatable bonds is 3. The van der Waals surface area contributed by atoms with E-state index in [1.807, 2.05) is 42.6 Å². The van der Waals surface area contributed by atoms with E-state index in [4.69, 9.17) is 4.98 Å². The number of hydrogen-bond acceptors (Lipinski definition) is 6. The molecule has 0 saturated carbocycles. The molecule has 0 spiro atoms.